The zero-order valence-corrected chi connectivity index (χ0v) is 11.4. The first-order chi connectivity index (χ1) is 7.96. The smallest absolute Gasteiger partial charge is 0.208 e. The minimum Gasteiger partial charge on any atom is -0.445 e. The maximum Gasteiger partial charge on any atom is 0.208 e. The Hall–Kier alpha value is -0.830. The maximum atomic E-state index is 5.48. The molecule has 3 heteroatoms. The molecule has 0 amide bonds. The lowest BCUT2D eigenvalue weighted by Crippen LogP contribution is -2.41. The highest BCUT2D eigenvalue weighted by atomic mass is 16.4. The molecule has 1 N–H and O–H groups in total. The van der Waals surface area contributed by atoms with E-state index in [-0.39, 0.29) is 0 Å². The van der Waals surface area contributed by atoms with Crippen LogP contribution in [0.25, 0.3) is 0 Å². The van der Waals surface area contributed by atoms with E-state index in [9.17, 15) is 0 Å². The predicted octanol–water partition coefficient (Wildman–Crippen LogP) is 3.29. The summed E-state index contributed by atoms with van der Waals surface area (Å²) in [5.41, 5.74) is 0.511. The molecule has 0 aliphatic heterocycles. The number of hydrogen-bond acceptors (Lipinski definition) is 3. The van der Waals surface area contributed by atoms with E-state index >= 15 is 0 Å². The summed E-state index contributed by atoms with van der Waals surface area (Å²) >= 11 is 0. The second-order valence-electron chi connectivity index (χ2n) is 6.24. The molecule has 3 nitrogen and oxygen atoms in total. The van der Waals surface area contributed by atoms with E-state index in [1.54, 1.807) is 6.20 Å². The highest BCUT2D eigenvalue weighted by Crippen LogP contribution is 2.38. The monoisotopic (exact) mass is 236 g/mol. The standard InChI is InChI=1S/C14H24N2O/c1-10-7-14(3,4)6-5-12(10)15-9-13-16-8-11(2)17-13/h8,10,12,15H,5-7,9H2,1-4H3. The predicted molar refractivity (Wildman–Crippen MR) is 68.7 cm³/mol. The van der Waals surface area contributed by atoms with E-state index in [4.69, 9.17) is 4.42 Å². The first kappa shape index (κ1) is 12.6. The lowest BCUT2D eigenvalue weighted by molar-refractivity contribution is 0.146. The zero-order valence-electron chi connectivity index (χ0n) is 11.4. The quantitative estimate of drug-likeness (QED) is 0.875. The highest BCUT2D eigenvalue weighted by Gasteiger charge is 2.31. The number of aryl methyl sites for hydroxylation is 1. The zero-order chi connectivity index (χ0) is 12.5. The molecule has 2 atom stereocenters. The molecule has 1 aromatic heterocycles. The Morgan fingerprint density at radius 3 is 2.88 bits per heavy atom. The van der Waals surface area contributed by atoms with Gasteiger partial charge < -0.3 is 9.73 Å². The van der Waals surface area contributed by atoms with Crippen molar-refractivity contribution in [3.63, 3.8) is 0 Å². The Morgan fingerprint density at radius 1 is 1.53 bits per heavy atom. The summed E-state index contributed by atoms with van der Waals surface area (Å²) in [6.45, 7) is 9.78. The van der Waals surface area contributed by atoms with Crippen LogP contribution in [0.1, 0.15) is 51.7 Å². The third kappa shape index (κ3) is 3.32. The molecule has 2 unspecified atom stereocenters. The van der Waals surface area contributed by atoms with Gasteiger partial charge in [-0.15, -0.1) is 0 Å². The fraction of sp³-hybridized carbons (Fsp3) is 0.786. The van der Waals surface area contributed by atoms with Crippen LogP contribution in [0.4, 0.5) is 0 Å². The summed E-state index contributed by atoms with van der Waals surface area (Å²) in [5, 5.41) is 3.58. The fourth-order valence-corrected chi connectivity index (χ4v) is 2.95. The van der Waals surface area contributed by atoms with Gasteiger partial charge in [0.05, 0.1) is 12.7 Å². The second-order valence-corrected chi connectivity index (χ2v) is 6.24. The maximum absolute atomic E-state index is 5.48. The molecule has 0 bridgehead atoms. The van der Waals surface area contributed by atoms with Gasteiger partial charge in [0.1, 0.15) is 5.76 Å². The summed E-state index contributed by atoms with van der Waals surface area (Å²) in [5.74, 6) is 2.42. The number of aromatic nitrogens is 1. The summed E-state index contributed by atoms with van der Waals surface area (Å²) in [6.07, 6.45) is 5.65. The van der Waals surface area contributed by atoms with Gasteiger partial charge in [0.25, 0.3) is 0 Å². The third-order valence-corrected chi connectivity index (χ3v) is 3.88. The topological polar surface area (TPSA) is 38.1 Å². The van der Waals surface area contributed by atoms with Gasteiger partial charge in [-0.3, -0.25) is 0 Å². The molecule has 1 saturated carbocycles. The van der Waals surface area contributed by atoms with Crippen molar-refractivity contribution >= 4 is 0 Å². The van der Waals surface area contributed by atoms with Crippen molar-refractivity contribution in [3.8, 4) is 0 Å². The van der Waals surface area contributed by atoms with Crippen molar-refractivity contribution < 1.29 is 4.42 Å². The van der Waals surface area contributed by atoms with E-state index in [1.165, 1.54) is 19.3 Å². The minimum atomic E-state index is 0.511. The molecule has 1 aliphatic carbocycles. The van der Waals surface area contributed by atoms with Crippen LogP contribution in [0.2, 0.25) is 0 Å². The van der Waals surface area contributed by atoms with Crippen LogP contribution < -0.4 is 5.32 Å². The van der Waals surface area contributed by atoms with Crippen LogP contribution in [0.15, 0.2) is 10.6 Å². The van der Waals surface area contributed by atoms with Gasteiger partial charge in [0.15, 0.2) is 0 Å². The van der Waals surface area contributed by atoms with Crippen LogP contribution in [-0.4, -0.2) is 11.0 Å². The fourth-order valence-electron chi connectivity index (χ4n) is 2.95. The van der Waals surface area contributed by atoms with Gasteiger partial charge in [-0.2, -0.15) is 0 Å². The van der Waals surface area contributed by atoms with Crippen LogP contribution in [0.3, 0.4) is 0 Å². The van der Waals surface area contributed by atoms with Crippen LogP contribution in [0, 0.1) is 18.3 Å². The molecule has 0 saturated heterocycles. The van der Waals surface area contributed by atoms with Gasteiger partial charge in [0, 0.05) is 6.04 Å². The Kier molecular flexibility index (Phi) is 3.57. The Balaban J connectivity index is 1.84. The molecule has 1 fully saturated rings. The molecule has 17 heavy (non-hydrogen) atoms. The molecule has 0 aromatic carbocycles. The summed E-state index contributed by atoms with van der Waals surface area (Å²) in [4.78, 5) is 4.22. The van der Waals surface area contributed by atoms with Gasteiger partial charge >= 0.3 is 0 Å². The normalized spacial score (nSPS) is 28.2. The second kappa shape index (κ2) is 4.81. The Bertz CT molecular complexity index is 370. The summed E-state index contributed by atoms with van der Waals surface area (Å²) in [6, 6.07) is 0.607. The highest BCUT2D eigenvalue weighted by molar-refractivity contribution is 4.92. The molecule has 1 aromatic rings. The van der Waals surface area contributed by atoms with E-state index in [0.717, 1.165) is 24.1 Å². The number of nitrogens with zero attached hydrogens (tertiary/aromatic N) is 1. The third-order valence-electron chi connectivity index (χ3n) is 3.88. The van der Waals surface area contributed by atoms with E-state index < -0.39 is 0 Å². The Labute approximate surface area is 104 Å². The van der Waals surface area contributed by atoms with Crippen molar-refractivity contribution in [3.05, 3.63) is 17.8 Å². The van der Waals surface area contributed by atoms with Gasteiger partial charge in [-0.05, 0) is 37.5 Å². The number of oxazole rings is 1. The van der Waals surface area contributed by atoms with Crippen molar-refractivity contribution in [2.24, 2.45) is 11.3 Å². The van der Waals surface area contributed by atoms with Crippen LogP contribution in [0.5, 0.6) is 0 Å². The molecular weight excluding hydrogens is 212 g/mol. The molecule has 96 valence electrons. The molecule has 1 heterocycles. The van der Waals surface area contributed by atoms with Crippen molar-refractivity contribution in [2.75, 3.05) is 0 Å². The summed E-state index contributed by atoms with van der Waals surface area (Å²) in [7, 11) is 0. The van der Waals surface area contributed by atoms with Crippen molar-refractivity contribution in [1.29, 1.82) is 0 Å². The molecule has 0 spiro atoms. The lowest BCUT2D eigenvalue weighted by Gasteiger charge is -2.39. The first-order valence-corrected chi connectivity index (χ1v) is 6.61. The lowest BCUT2D eigenvalue weighted by atomic mass is 9.70. The van der Waals surface area contributed by atoms with E-state index in [2.05, 4.69) is 31.1 Å². The van der Waals surface area contributed by atoms with Crippen molar-refractivity contribution in [1.82, 2.24) is 10.3 Å². The van der Waals surface area contributed by atoms with Crippen LogP contribution >= 0.6 is 0 Å². The molecular formula is C14H24N2O. The molecule has 1 aliphatic rings. The van der Waals surface area contributed by atoms with Crippen LogP contribution in [-0.2, 0) is 6.54 Å². The number of nitrogens with one attached hydrogen (secondary N) is 1. The SMILES string of the molecule is Cc1cnc(CNC2CCC(C)(C)CC2C)o1. The Morgan fingerprint density at radius 2 is 2.29 bits per heavy atom. The van der Waals surface area contributed by atoms with E-state index in [1.807, 2.05) is 6.92 Å². The van der Waals surface area contributed by atoms with E-state index in [0.29, 0.717) is 11.5 Å². The minimum absolute atomic E-state index is 0.511. The van der Waals surface area contributed by atoms with Gasteiger partial charge in [0.2, 0.25) is 5.89 Å². The molecule has 0 radical (unpaired) electrons. The molecule has 2 rings (SSSR count). The number of rotatable bonds is 3. The van der Waals surface area contributed by atoms with Crippen molar-refractivity contribution in [2.45, 2.75) is 59.5 Å². The largest absolute Gasteiger partial charge is 0.445 e. The average molecular weight is 236 g/mol. The number of hydrogen-bond donors (Lipinski definition) is 1. The van der Waals surface area contributed by atoms with Gasteiger partial charge in [-0.1, -0.05) is 20.8 Å². The van der Waals surface area contributed by atoms with Gasteiger partial charge in [-0.25, -0.2) is 4.98 Å². The average Bonchev–Trinajstić information content (AvgIpc) is 2.62. The first-order valence-electron chi connectivity index (χ1n) is 6.61. The summed E-state index contributed by atoms with van der Waals surface area (Å²) < 4.78 is 5.48.